The number of rotatable bonds is 8. The summed E-state index contributed by atoms with van der Waals surface area (Å²) in [5.74, 6) is 1.31. The Morgan fingerprint density at radius 2 is 1.63 bits per heavy atom. The lowest BCUT2D eigenvalue weighted by Crippen LogP contribution is -2.49. The first-order valence-corrected chi connectivity index (χ1v) is 13.0. The second kappa shape index (κ2) is 11.6. The first-order chi connectivity index (χ1) is 18.6. The van der Waals surface area contributed by atoms with Crippen LogP contribution in [0.1, 0.15) is 30.5 Å². The van der Waals surface area contributed by atoms with E-state index >= 15 is 0 Å². The van der Waals surface area contributed by atoms with E-state index in [1.165, 1.54) is 6.07 Å². The van der Waals surface area contributed by atoms with Gasteiger partial charge in [0.05, 0.1) is 37.7 Å². The summed E-state index contributed by atoms with van der Waals surface area (Å²) in [5.41, 5.74) is 3.46. The average Bonchev–Trinajstić information content (AvgIpc) is 3.40. The third-order valence-electron chi connectivity index (χ3n) is 7.09. The molecule has 0 N–H and O–H groups in total. The van der Waals surface area contributed by atoms with Gasteiger partial charge in [0.2, 0.25) is 0 Å². The lowest BCUT2D eigenvalue weighted by atomic mass is 9.98. The van der Waals surface area contributed by atoms with E-state index in [2.05, 4.69) is 4.90 Å². The lowest BCUT2D eigenvalue weighted by molar-refractivity contribution is -0.134. The third kappa shape index (κ3) is 5.65. The fraction of sp³-hybridized carbons (Fsp3) is 0.333. The number of hydrogen-bond acceptors (Lipinski definition) is 6. The van der Waals surface area contributed by atoms with E-state index in [0.717, 1.165) is 28.3 Å². The van der Waals surface area contributed by atoms with Crippen LogP contribution in [0.15, 0.2) is 77.9 Å². The molecule has 1 unspecified atom stereocenters. The summed E-state index contributed by atoms with van der Waals surface area (Å²) in [4.78, 5) is 17.8. The number of para-hydroxylation sites is 1. The molecule has 1 atom stereocenters. The molecule has 1 saturated heterocycles. The van der Waals surface area contributed by atoms with Gasteiger partial charge >= 0.3 is 0 Å². The van der Waals surface area contributed by atoms with Gasteiger partial charge in [-0.3, -0.25) is 9.69 Å². The number of amides is 1. The van der Waals surface area contributed by atoms with Gasteiger partial charge in [-0.25, -0.2) is 9.40 Å². The van der Waals surface area contributed by atoms with Crippen LogP contribution in [0.25, 0.3) is 0 Å². The van der Waals surface area contributed by atoms with E-state index in [1.807, 2.05) is 66.4 Å². The minimum absolute atomic E-state index is 0.0493. The average molecular weight is 517 g/mol. The summed E-state index contributed by atoms with van der Waals surface area (Å²) >= 11 is 0. The Morgan fingerprint density at radius 1 is 0.947 bits per heavy atom. The Hall–Kier alpha value is -3.91. The van der Waals surface area contributed by atoms with Crippen molar-refractivity contribution >= 4 is 17.3 Å². The smallest absolute Gasteiger partial charge is 0.257 e. The summed E-state index contributed by atoms with van der Waals surface area (Å²) < 4.78 is 25.1. The van der Waals surface area contributed by atoms with E-state index in [-0.39, 0.29) is 24.3 Å². The number of methoxy groups -OCH3 is 1. The number of halogens is 1. The number of nitrogens with zero attached hydrogens (tertiary/aromatic N) is 4. The molecule has 8 heteroatoms. The number of benzene rings is 3. The van der Waals surface area contributed by atoms with Crippen molar-refractivity contribution in [1.29, 1.82) is 0 Å². The monoisotopic (exact) mass is 516 g/mol. The highest BCUT2D eigenvalue weighted by atomic mass is 19.1. The number of hydrazone groups is 1. The van der Waals surface area contributed by atoms with Crippen LogP contribution in [0.4, 0.5) is 10.1 Å². The number of carbonyl (C=O) groups excluding carboxylic acids is 1. The Balaban J connectivity index is 1.31. The van der Waals surface area contributed by atoms with E-state index in [1.54, 1.807) is 24.3 Å². The Morgan fingerprint density at radius 3 is 2.29 bits per heavy atom. The van der Waals surface area contributed by atoms with Gasteiger partial charge in [-0.15, -0.1) is 0 Å². The normalized spacial score (nSPS) is 17.9. The van der Waals surface area contributed by atoms with Crippen molar-refractivity contribution in [3.05, 3.63) is 89.7 Å². The molecule has 0 radical (unpaired) electrons. The minimum atomic E-state index is -0.215. The van der Waals surface area contributed by atoms with Crippen molar-refractivity contribution in [1.82, 2.24) is 9.91 Å². The Kier molecular flexibility index (Phi) is 7.89. The number of carbonyl (C=O) groups is 1. The van der Waals surface area contributed by atoms with Gasteiger partial charge in [0.25, 0.3) is 5.91 Å². The summed E-state index contributed by atoms with van der Waals surface area (Å²) in [5, 5.41) is 6.45. The number of hydrogen-bond donors (Lipinski definition) is 0. The van der Waals surface area contributed by atoms with Crippen LogP contribution in [-0.2, 0) is 4.79 Å². The zero-order valence-corrected chi connectivity index (χ0v) is 21.8. The van der Waals surface area contributed by atoms with Crippen LogP contribution in [0.3, 0.4) is 0 Å². The first kappa shape index (κ1) is 25.7. The number of anilines is 1. The highest BCUT2D eigenvalue weighted by Gasteiger charge is 2.34. The second-order valence-electron chi connectivity index (χ2n) is 9.45. The molecule has 5 rings (SSSR count). The molecule has 0 bridgehead atoms. The number of ether oxygens (including phenoxy) is 2. The molecule has 2 heterocycles. The molecule has 198 valence electrons. The van der Waals surface area contributed by atoms with Crippen LogP contribution in [-0.4, -0.2) is 68.0 Å². The van der Waals surface area contributed by atoms with Crippen LogP contribution >= 0.6 is 0 Å². The maximum Gasteiger partial charge on any atom is 0.257 e. The number of piperazine rings is 1. The first-order valence-electron chi connectivity index (χ1n) is 13.0. The van der Waals surface area contributed by atoms with Crippen LogP contribution in [0.2, 0.25) is 0 Å². The molecule has 3 aromatic rings. The van der Waals surface area contributed by atoms with Crippen molar-refractivity contribution in [2.75, 3.05) is 51.3 Å². The zero-order chi connectivity index (χ0) is 26.5. The third-order valence-corrected chi connectivity index (χ3v) is 7.09. The van der Waals surface area contributed by atoms with Gasteiger partial charge in [-0.05, 0) is 66.6 Å². The van der Waals surface area contributed by atoms with E-state index in [0.29, 0.717) is 44.9 Å². The molecule has 7 nitrogen and oxygen atoms in total. The van der Waals surface area contributed by atoms with Gasteiger partial charge in [-0.1, -0.05) is 24.3 Å². The maximum atomic E-state index is 14.2. The topological polar surface area (TPSA) is 57.6 Å². The molecule has 1 amide bonds. The molecule has 3 aromatic carbocycles. The van der Waals surface area contributed by atoms with Crippen molar-refractivity contribution in [3.8, 4) is 11.5 Å². The predicted molar refractivity (Wildman–Crippen MR) is 146 cm³/mol. The standard InChI is InChI=1S/C30H33FN4O3/c1-3-38-25-14-10-23(11-15-25)29-20-27(22-8-12-24(37-2)13-9-22)32-35(29)30(36)21-33-16-18-34(19-17-33)28-7-5-4-6-26(28)31/h4-15,29H,3,16-21H2,1-2H3. The summed E-state index contributed by atoms with van der Waals surface area (Å²) in [6.45, 7) is 5.50. The molecule has 2 aliphatic heterocycles. The van der Waals surface area contributed by atoms with Crippen LogP contribution in [0.5, 0.6) is 11.5 Å². The van der Waals surface area contributed by atoms with Crippen LogP contribution in [0, 0.1) is 5.82 Å². The van der Waals surface area contributed by atoms with Gasteiger partial charge in [-0.2, -0.15) is 5.10 Å². The van der Waals surface area contributed by atoms with E-state index < -0.39 is 0 Å². The Labute approximate surface area is 223 Å². The molecular weight excluding hydrogens is 483 g/mol. The van der Waals surface area contributed by atoms with Crippen molar-refractivity contribution < 1.29 is 18.7 Å². The minimum Gasteiger partial charge on any atom is -0.497 e. The molecule has 1 fully saturated rings. The van der Waals surface area contributed by atoms with Gasteiger partial charge in [0.15, 0.2) is 0 Å². The highest BCUT2D eigenvalue weighted by molar-refractivity contribution is 6.03. The lowest BCUT2D eigenvalue weighted by Gasteiger charge is -2.36. The van der Waals surface area contributed by atoms with E-state index in [4.69, 9.17) is 14.6 Å². The van der Waals surface area contributed by atoms with Crippen molar-refractivity contribution in [3.63, 3.8) is 0 Å². The fourth-order valence-corrected chi connectivity index (χ4v) is 5.03. The molecule has 0 aliphatic carbocycles. The molecular formula is C30H33FN4O3. The maximum absolute atomic E-state index is 14.2. The SMILES string of the molecule is CCOc1ccc(C2CC(c3ccc(OC)cc3)=NN2C(=O)CN2CCN(c3ccccc3F)CC2)cc1. The largest absolute Gasteiger partial charge is 0.497 e. The predicted octanol–water partition coefficient (Wildman–Crippen LogP) is 4.73. The molecule has 0 spiro atoms. The van der Waals surface area contributed by atoms with Crippen molar-refractivity contribution in [2.45, 2.75) is 19.4 Å². The van der Waals surface area contributed by atoms with Gasteiger partial charge in [0, 0.05) is 32.6 Å². The molecule has 38 heavy (non-hydrogen) atoms. The summed E-state index contributed by atoms with van der Waals surface area (Å²) in [6, 6.07) is 22.3. The molecule has 0 aromatic heterocycles. The fourth-order valence-electron chi connectivity index (χ4n) is 5.03. The molecule has 2 aliphatic rings. The van der Waals surface area contributed by atoms with Gasteiger partial charge < -0.3 is 14.4 Å². The Bertz CT molecular complexity index is 1270. The summed E-state index contributed by atoms with van der Waals surface area (Å²) in [6.07, 6.45) is 0.618. The van der Waals surface area contributed by atoms with E-state index in [9.17, 15) is 9.18 Å². The second-order valence-corrected chi connectivity index (χ2v) is 9.45. The highest BCUT2D eigenvalue weighted by Crippen LogP contribution is 2.34. The van der Waals surface area contributed by atoms with Crippen molar-refractivity contribution in [2.24, 2.45) is 5.10 Å². The quantitative estimate of drug-likeness (QED) is 0.433. The van der Waals surface area contributed by atoms with Gasteiger partial charge in [0.1, 0.15) is 17.3 Å². The van der Waals surface area contributed by atoms with Crippen LogP contribution < -0.4 is 14.4 Å². The molecule has 0 saturated carbocycles. The zero-order valence-electron chi connectivity index (χ0n) is 21.8. The summed E-state index contributed by atoms with van der Waals surface area (Å²) in [7, 11) is 1.64.